The number of amides is 1. The number of anilines is 1. The van der Waals surface area contributed by atoms with Crippen LogP contribution in [-0.2, 0) is 11.2 Å². The number of carbonyl (C=O) groups excluding carboxylic acids is 1. The molecule has 1 aromatic heterocycles. The van der Waals surface area contributed by atoms with Gasteiger partial charge in [0.15, 0.2) is 5.13 Å². The summed E-state index contributed by atoms with van der Waals surface area (Å²) in [5, 5.41) is 3.98. The summed E-state index contributed by atoms with van der Waals surface area (Å²) >= 11 is 1.76. The quantitative estimate of drug-likeness (QED) is 0.855. The van der Waals surface area contributed by atoms with E-state index in [0.29, 0.717) is 6.54 Å². The van der Waals surface area contributed by atoms with Crippen LogP contribution in [0.4, 0.5) is 5.13 Å². The predicted molar refractivity (Wildman–Crippen MR) is 97.1 cm³/mol. The van der Waals surface area contributed by atoms with Crippen LogP contribution in [0.1, 0.15) is 25.3 Å². The van der Waals surface area contributed by atoms with Crippen molar-refractivity contribution in [1.82, 2.24) is 10.3 Å². The summed E-state index contributed by atoms with van der Waals surface area (Å²) in [7, 11) is 0. The molecule has 0 saturated carbocycles. The highest BCUT2D eigenvalue weighted by Crippen LogP contribution is 2.32. The highest BCUT2D eigenvalue weighted by Gasteiger charge is 2.26. The molecule has 0 aliphatic carbocycles. The van der Waals surface area contributed by atoms with Crippen molar-refractivity contribution < 1.29 is 4.79 Å². The monoisotopic (exact) mass is 329 g/mol. The lowest BCUT2D eigenvalue weighted by Gasteiger charge is -2.30. The summed E-state index contributed by atoms with van der Waals surface area (Å²) in [5.41, 5.74) is 2.43. The minimum atomic E-state index is 0.118. The molecule has 2 aromatic rings. The van der Waals surface area contributed by atoms with Gasteiger partial charge in [-0.25, -0.2) is 4.98 Å². The smallest absolute Gasteiger partial charge is 0.223 e. The molecule has 0 atom stereocenters. The third kappa shape index (κ3) is 3.55. The number of aromatic nitrogens is 1. The van der Waals surface area contributed by atoms with Crippen LogP contribution in [0.3, 0.4) is 0 Å². The molecular formula is C18H23N3OS. The van der Waals surface area contributed by atoms with Crippen molar-refractivity contribution in [3.05, 3.63) is 36.4 Å². The largest absolute Gasteiger partial charge is 0.352 e. The first-order chi connectivity index (χ1) is 11.2. The van der Waals surface area contributed by atoms with Crippen LogP contribution < -0.4 is 10.2 Å². The number of hydrogen-bond donors (Lipinski definition) is 1. The zero-order valence-corrected chi connectivity index (χ0v) is 14.4. The topological polar surface area (TPSA) is 45.2 Å². The zero-order valence-electron chi connectivity index (χ0n) is 13.5. The second kappa shape index (κ2) is 7.13. The summed E-state index contributed by atoms with van der Waals surface area (Å²) in [6.07, 6.45) is 4.55. The molecule has 1 saturated heterocycles. The van der Waals surface area contributed by atoms with E-state index in [1.807, 2.05) is 0 Å². The zero-order chi connectivity index (χ0) is 16.2. The maximum atomic E-state index is 12.0. The van der Waals surface area contributed by atoms with Gasteiger partial charge in [-0.3, -0.25) is 4.79 Å². The Morgan fingerprint density at radius 3 is 2.96 bits per heavy atom. The number of fused-ring (bicyclic) bond motifs is 1. The maximum Gasteiger partial charge on any atom is 0.223 e. The fourth-order valence-corrected chi connectivity index (χ4v) is 4.04. The van der Waals surface area contributed by atoms with E-state index in [0.717, 1.165) is 43.0 Å². The average Bonchev–Trinajstić information content (AvgIpc) is 3.02. The summed E-state index contributed by atoms with van der Waals surface area (Å²) in [4.78, 5) is 19.1. The summed E-state index contributed by atoms with van der Waals surface area (Å²) in [5.74, 6) is 0.272. The van der Waals surface area contributed by atoms with E-state index >= 15 is 0 Å². The Kier molecular flexibility index (Phi) is 4.96. The summed E-state index contributed by atoms with van der Waals surface area (Å²) in [6, 6.07) is 6.51. The molecule has 0 bridgehead atoms. The van der Waals surface area contributed by atoms with Crippen molar-refractivity contribution in [2.75, 3.05) is 24.5 Å². The lowest BCUT2D eigenvalue weighted by molar-refractivity contribution is -0.125. The van der Waals surface area contributed by atoms with Crippen LogP contribution in [0.25, 0.3) is 10.2 Å². The molecule has 1 N–H and O–H groups in total. The number of aryl methyl sites for hydroxylation is 1. The first kappa shape index (κ1) is 16.0. The molecule has 3 rings (SSSR count). The molecule has 1 aliphatic rings. The number of rotatable bonds is 5. The molecule has 1 fully saturated rings. The first-order valence-corrected chi connectivity index (χ1v) is 9.06. The average molecular weight is 329 g/mol. The van der Waals surface area contributed by atoms with Gasteiger partial charge in [-0.05, 0) is 37.0 Å². The van der Waals surface area contributed by atoms with Crippen molar-refractivity contribution in [3.63, 3.8) is 0 Å². The number of piperidine rings is 1. The van der Waals surface area contributed by atoms with Crippen molar-refractivity contribution in [3.8, 4) is 0 Å². The highest BCUT2D eigenvalue weighted by molar-refractivity contribution is 7.22. The number of nitrogens with zero attached hydrogens (tertiary/aromatic N) is 2. The number of nitrogens with one attached hydrogen (secondary N) is 1. The second-order valence-electron chi connectivity index (χ2n) is 5.95. The van der Waals surface area contributed by atoms with Crippen LogP contribution in [0, 0.1) is 5.92 Å². The van der Waals surface area contributed by atoms with Gasteiger partial charge < -0.3 is 10.2 Å². The van der Waals surface area contributed by atoms with E-state index in [1.165, 1.54) is 10.3 Å². The van der Waals surface area contributed by atoms with Crippen LogP contribution in [0.15, 0.2) is 30.9 Å². The Bertz CT molecular complexity index is 701. The van der Waals surface area contributed by atoms with Crippen LogP contribution in [0.2, 0.25) is 0 Å². The molecule has 1 aliphatic heterocycles. The third-order valence-electron chi connectivity index (χ3n) is 4.41. The van der Waals surface area contributed by atoms with Gasteiger partial charge in [-0.1, -0.05) is 30.4 Å². The SMILES string of the molecule is C=CCNC(=O)C1CCN(c2nc3ccc(CC)cc3s2)CC1. The normalized spacial score (nSPS) is 15.8. The number of hydrogen-bond acceptors (Lipinski definition) is 4. The van der Waals surface area contributed by atoms with Gasteiger partial charge in [-0.2, -0.15) is 0 Å². The number of benzene rings is 1. The van der Waals surface area contributed by atoms with Crippen molar-refractivity contribution >= 4 is 32.6 Å². The Morgan fingerprint density at radius 2 is 2.26 bits per heavy atom. The van der Waals surface area contributed by atoms with Gasteiger partial charge in [0.05, 0.1) is 10.2 Å². The molecule has 0 unspecified atom stereocenters. The van der Waals surface area contributed by atoms with Gasteiger partial charge in [0.1, 0.15) is 0 Å². The molecule has 2 heterocycles. The van der Waals surface area contributed by atoms with Crippen molar-refractivity contribution in [2.45, 2.75) is 26.2 Å². The summed E-state index contributed by atoms with van der Waals surface area (Å²) in [6.45, 7) is 8.15. The standard InChI is InChI=1S/C18H23N3OS/c1-3-9-19-17(22)14-7-10-21(11-8-14)18-20-15-6-5-13(4-2)12-16(15)23-18/h3,5-6,12,14H,1,4,7-11H2,2H3,(H,19,22). The lowest BCUT2D eigenvalue weighted by atomic mass is 9.96. The predicted octanol–water partition coefficient (Wildman–Crippen LogP) is 3.38. The van der Waals surface area contributed by atoms with E-state index in [2.05, 4.69) is 41.9 Å². The van der Waals surface area contributed by atoms with Gasteiger partial charge >= 0.3 is 0 Å². The van der Waals surface area contributed by atoms with Crippen LogP contribution in [-0.4, -0.2) is 30.5 Å². The molecule has 0 radical (unpaired) electrons. The third-order valence-corrected chi connectivity index (χ3v) is 5.49. The van der Waals surface area contributed by atoms with E-state index in [1.54, 1.807) is 17.4 Å². The Hall–Kier alpha value is -1.88. The maximum absolute atomic E-state index is 12.0. The van der Waals surface area contributed by atoms with E-state index in [9.17, 15) is 4.79 Å². The first-order valence-electron chi connectivity index (χ1n) is 8.24. The summed E-state index contributed by atoms with van der Waals surface area (Å²) < 4.78 is 1.25. The van der Waals surface area contributed by atoms with E-state index in [4.69, 9.17) is 4.98 Å². The van der Waals surface area contributed by atoms with Gasteiger partial charge in [0.2, 0.25) is 5.91 Å². The Morgan fingerprint density at radius 1 is 1.48 bits per heavy atom. The van der Waals surface area contributed by atoms with Crippen molar-refractivity contribution in [2.24, 2.45) is 5.92 Å². The minimum Gasteiger partial charge on any atom is -0.352 e. The molecule has 23 heavy (non-hydrogen) atoms. The van der Waals surface area contributed by atoms with Gasteiger partial charge in [0, 0.05) is 25.6 Å². The number of carbonyl (C=O) groups is 1. The Labute approximate surface area is 141 Å². The van der Waals surface area contributed by atoms with E-state index in [-0.39, 0.29) is 11.8 Å². The Balaban J connectivity index is 1.65. The van der Waals surface area contributed by atoms with Crippen LogP contribution in [0.5, 0.6) is 0 Å². The molecule has 4 nitrogen and oxygen atoms in total. The molecular weight excluding hydrogens is 306 g/mol. The molecule has 5 heteroatoms. The number of thiazole rings is 1. The second-order valence-corrected chi connectivity index (χ2v) is 6.96. The molecule has 122 valence electrons. The lowest BCUT2D eigenvalue weighted by Crippen LogP contribution is -2.40. The van der Waals surface area contributed by atoms with Crippen molar-refractivity contribution in [1.29, 1.82) is 0 Å². The van der Waals surface area contributed by atoms with E-state index < -0.39 is 0 Å². The van der Waals surface area contributed by atoms with Gasteiger partial charge in [-0.15, -0.1) is 6.58 Å². The molecule has 1 amide bonds. The molecule has 1 aromatic carbocycles. The molecule has 0 spiro atoms. The fourth-order valence-electron chi connectivity index (χ4n) is 2.96. The van der Waals surface area contributed by atoms with Crippen LogP contribution >= 0.6 is 11.3 Å². The fraction of sp³-hybridized carbons (Fsp3) is 0.444. The minimum absolute atomic E-state index is 0.118. The highest BCUT2D eigenvalue weighted by atomic mass is 32.1. The van der Waals surface area contributed by atoms with Gasteiger partial charge in [0.25, 0.3) is 0 Å².